The van der Waals surface area contributed by atoms with Gasteiger partial charge in [-0.05, 0) is 28.5 Å². The van der Waals surface area contributed by atoms with Crippen molar-refractivity contribution in [2.24, 2.45) is 4.99 Å². The first-order chi connectivity index (χ1) is 12.4. The number of aromatic nitrogens is 3. The first kappa shape index (κ1) is 15.1. The average Bonchev–Trinajstić information content (AvgIpc) is 3.19. The van der Waals surface area contributed by atoms with E-state index < -0.39 is 0 Å². The molecule has 0 spiro atoms. The number of nitrogens with one attached hydrogen (secondary N) is 1. The summed E-state index contributed by atoms with van der Waals surface area (Å²) in [6, 6.07) is 22.4. The van der Waals surface area contributed by atoms with Crippen LogP contribution in [-0.2, 0) is 6.61 Å². The smallest absolute Gasteiger partial charge is 0.245 e. The predicted octanol–water partition coefficient (Wildman–Crippen LogP) is 4.29. The van der Waals surface area contributed by atoms with Gasteiger partial charge in [0.05, 0.1) is 0 Å². The molecule has 0 atom stereocenters. The van der Waals surface area contributed by atoms with Crippen LogP contribution in [0.3, 0.4) is 0 Å². The highest BCUT2D eigenvalue weighted by molar-refractivity contribution is 5.86. The highest BCUT2D eigenvalue weighted by Crippen LogP contribution is 2.22. The van der Waals surface area contributed by atoms with Crippen molar-refractivity contribution in [1.82, 2.24) is 15.2 Å². The summed E-state index contributed by atoms with van der Waals surface area (Å²) in [7, 11) is 0. The summed E-state index contributed by atoms with van der Waals surface area (Å²) in [4.78, 5) is 8.25. The van der Waals surface area contributed by atoms with Crippen LogP contribution in [-0.4, -0.2) is 21.4 Å². The second-order valence-corrected chi connectivity index (χ2v) is 5.53. The molecule has 0 aliphatic rings. The van der Waals surface area contributed by atoms with Crippen molar-refractivity contribution in [3.8, 4) is 5.75 Å². The molecule has 1 aromatic heterocycles. The van der Waals surface area contributed by atoms with Gasteiger partial charge in [-0.15, -0.1) is 0 Å². The van der Waals surface area contributed by atoms with Crippen molar-refractivity contribution < 1.29 is 4.74 Å². The van der Waals surface area contributed by atoms with E-state index in [1.807, 2.05) is 36.4 Å². The molecule has 5 heteroatoms. The number of nitrogens with zero attached hydrogens (tertiary/aromatic N) is 3. The molecule has 0 amide bonds. The van der Waals surface area contributed by atoms with Crippen LogP contribution < -0.4 is 4.74 Å². The van der Waals surface area contributed by atoms with Crippen molar-refractivity contribution in [3.63, 3.8) is 0 Å². The Balaban J connectivity index is 1.57. The molecule has 25 heavy (non-hydrogen) atoms. The highest BCUT2D eigenvalue weighted by atomic mass is 16.5. The van der Waals surface area contributed by atoms with E-state index in [1.165, 1.54) is 17.1 Å². The minimum absolute atomic E-state index is 0.462. The van der Waals surface area contributed by atoms with Gasteiger partial charge in [-0.25, -0.2) is 10.1 Å². The Morgan fingerprint density at radius 3 is 2.72 bits per heavy atom. The number of hydrogen-bond donors (Lipinski definition) is 1. The number of hydrogen-bond acceptors (Lipinski definition) is 4. The molecule has 0 aliphatic heterocycles. The molecule has 4 aromatic rings. The Kier molecular flexibility index (Phi) is 4.20. The van der Waals surface area contributed by atoms with E-state index in [1.54, 1.807) is 6.21 Å². The number of ether oxygens (including phenoxy) is 1. The van der Waals surface area contributed by atoms with Gasteiger partial charge in [0.15, 0.2) is 0 Å². The lowest BCUT2D eigenvalue weighted by Gasteiger charge is -2.11. The molecule has 0 aliphatic carbocycles. The number of aromatic amines is 1. The molecule has 0 unspecified atom stereocenters. The summed E-state index contributed by atoms with van der Waals surface area (Å²) in [6.45, 7) is 0.495. The quantitative estimate of drug-likeness (QED) is 0.556. The van der Waals surface area contributed by atoms with Crippen LogP contribution in [0.5, 0.6) is 5.75 Å². The van der Waals surface area contributed by atoms with E-state index >= 15 is 0 Å². The van der Waals surface area contributed by atoms with E-state index in [9.17, 15) is 0 Å². The van der Waals surface area contributed by atoms with Crippen molar-refractivity contribution in [2.75, 3.05) is 0 Å². The Morgan fingerprint density at radius 2 is 1.80 bits per heavy atom. The van der Waals surface area contributed by atoms with Crippen LogP contribution in [0.25, 0.3) is 10.8 Å². The molecule has 0 saturated heterocycles. The van der Waals surface area contributed by atoms with Crippen molar-refractivity contribution in [3.05, 3.63) is 84.2 Å². The third-order valence-electron chi connectivity index (χ3n) is 3.91. The third kappa shape index (κ3) is 3.40. The second kappa shape index (κ2) is 6.97. The SMILES string of the molecule is C(=Nc1ncn[nH]1)c1ccccc1OCc1cccc2ccccc12. The molecule has 122 valence electrons. The van der Waals surface area contributed by atoms with Crippen LogP contribution in [0, 0.1) is 0 Å². The summed E-state index contributed by atoms with van der Waals surface area (Å²) < 4.78 is 6.06. The molecule has 3 aromatic carbocycles. The molecule has 0 saturated carbocycles. The Labute approximate surface area is 145 Å². The number of H-pyrrole nitrogens is 1. The lowest BCUT2D eigenvalue weighted by atomic mass is 10.1. The molecule has 1 N–H and O–H groups in total. The van der Waals surface area contributed by atoms with Crippen LogP contribution in [0.4, 0.5) is 5.95 Å². The fourth-order valence-corrected chi connectivity index (χ4v) is 2.68. The largest absolute Gasteiger partial charge is 0.488 e. The maximum atomic E-state index is 6.06. The predicted molar refractivity (Wildman–Crippen MR) is 98.4 cm³/mol. The van der Waals surface area contributed by atoms with Crippen LogP contribution >= 0.6 is 0 Å². The van der Waals surface area contributed by atoms with Crippen molar-refractivity contribution in [1.29, 1.82) is 0 Å². The fraction of sp³-hybridized carbons (Fsp3) is 0.0500. The monoisotopic (exact) mass is 328 g/mol. The Bertz CT molecular complexity index is 1000. The van der Waals surface area contributed by atoms with Crippen LogP contribution in [0.1, 0.15) is 11.1 Å². The molecule has 4 rings (SSSR count). The van der Waals surface area contributed by atoms with Crippen LogP contribution in [0.15, 0.2) is 78.0 Å². The zero-order valence-electron chi connectivity index (χ0n) is 13.5. The number of fused-ring (bicyclic) bond motifs is 1. The summed E-state index contributed by atoms with van der Waals surface area (Å²) in [6.07, 6.45) is 3.15. The van der Waals surface area contributed by atoms with E-state index in [0.29, 0.717) is 12.6 Å². The zero-order valence-corrected chi connectivity index (χ0v) is 13.5. The van der Waals surface area contributed by atoms with Gasteiger partial charge >= 0.3 is 0 Å². The topological polar surface area (TPSA) is 63.2 Å². The van der Waals surface area contributed by atoms with Gasteiger partial charge < -0.3 is 4.74 Å². The first-order valence-corrected chi connectivity index (χ1v) is 7.98. The maximum Gasteiger partial charge on any atom is 0.245 e. The van der Waals surface area contributed by atoms with Gasteiger partial charge in [0.1, 0.15) is 18.7 Å². The summed E-state index contributed by atoms with van der Waals surface area (Å²) >= 11 is 0. The van der Waals surface area contributed by atoms with Gasteiger partial charge in [0.25, 0.3) is 0 Å². The molecule has 1 heterocycles. The van der Waals surface area contributed by atoms with Crippen LogP contribution in [0.2, 0.25) is 0 Å². The maximum absolute atomic E-state index is 6.06. The fourth-order valence-electron chi connectivity index (χ4n) is 2.68. The normalized spacial score (nSPS) is 11.2. The second-order valence-electron chi connectivity index (χ2n) is 5.53. The van der Waals surface area contributed by atoms with Crippen molar-refractivity contribution >= 4 is 22.9 Å². The lowest BCUT2D eigenvalue weighted by Crippen LogP contribution is -1.99. The van der Waals surface area contributed by atoms with Gasteiger partial charge in [0, 0.05) is 11.8 Å². The third-order valence-corrected chi connectivity index (χ3v) is 3.91. The van der Waals surface area contributed by atoms with Crippen molar-refractivity contribution in [2.45, 2.75) is 6.61 Å². The Morgan fingerprint density at radius 1 is 0.960 bits per heavy atom. The molecular formula is C20H16N4O. The first-order valence-electron chi connectivity index (χ1n) is 7.98. The molecule has 5 nitrogen and oxygen atoms in total. The average molecular weight is 328 g/mol. The summed E-state index contributed by atoms with van der Waals surface area (Å²) in [5.41, 5.74) is 2.04. The van der Waals surface area contributed by atoms with E-state index in [-0.39, 0.29) is 0 Å². The van der Waals surface area contributed by atoms with Gasteiger partial charge in [-0.2, -0.15) is 10.1 Å². The molecule has 0 bridgehead atoms. The Hall–Kier alpha value is -3.47. The standard InChI is InChI=1S/C20H16N4O/c1-3-10-18-15(6-1)8-5-9-17(18)13-25-19-11-4-2-7-16(19)12-21-20-22-14-23-24-20/h1-12,14H,13H2,(H,22,23,24). The van der Waals surface area contributed by atoms with E-state index in [4.69, 9.17) is 4.74 Å². The highest BCUT2D eigenvalue weighted by Gasteiger charge is 2.04. The van der Waals surface area contributed by atoms with Gasteiger partial charge in [-0.3, -0.25) is 0 Å². The molecule has 0 radical (unpaired) electrons. The zero-order chi connectivity index (χ0) is 16.9. The van der Waals surface area contributed by atoms with Gasteiger partial charge in [0.2, 0.25) is 5.95 Å². The lowest BCUT2D eigenvalue weighted by molar-refractivity contribution is 0.307. The molecule has 0 fully saturated rings. The number of para-hydroxylation sites is 1. The van der Waals surface area contributed by atoms with E-state index in [2.05, 4.69) is 50.5 Å². The summed E-state index contributed by atoms with van der Waals surface area (Å²) in [5.74, 6) is 1.24. The minimum atomic E-state index is 0.462. The number of aliphatic imine (C=N–C) groups is 1. The minimum Gasteiger partial charge on any atom is -0.488 e. The van der Waals surface area contributed by atoms with E-state index in [0.717, 1.165) is 16.9 Å². The van der Waals surface area contributed by atoms with Gasteiger partial charge in [-0.1, -0.05) is 54.6 Å². The number of benzene rings is 3. The summed E-state index contributed by atoms with van der Waals surface area (Å²) in [5, 5.41) is 8.90. The molecular weight excluding hydrogens is 312 g/mol. The number of rotatable bonds is 5.